The summed E-state index contributed by atoms with van der Waals surface area (Å²) in [5, 5.41) is 3.32. The number of rotatable bonds is 1. The zero-order valence-electron chi connectivity index (χ0n) is 11.5. The van der Waals surface area contributed by atoms with Gasteiger partial charge in [-0.1, -0.05) is 0 Å². The monoisotopic (exact) mass is 426 g/mol. The van der Waals surface area contributed by atoms with Crippen LogP contribution >= 0.6 is 31.9 Å². The van der Waals surface area contributed by atoms with Crippen LogP contribution < -0.4 is 14.8 Å². The molecular formula is C15H12Br2N2O3. The molecule has 2 aliphatic rings. The summed E-state index contributed by atoms with van der Waals surface area (Å²) in [6.45, 7) is 1.83. The van der Waals surface area contributed by atoms with Gasteiger partial charge in [-0.15, -0.1) is 0 Å². The van der Waals surface area contributed by atoms with Crippen LogP contribution in [0.1, 0.15) is 21.6 Å². The van der Waals surface area contributed by atoms with Crippen LogP contribution in [-0.2, 0) is 13.0 Å². The van der Waals surface area contributed by atoms with Gasteiger partial charge in [0.1, 0.15) is 4.60 Å². The van der Waals surface area contributed by atoms with Gasteiger partial charge in [-0.3, -0.25) is 9.36 Å². The summed E-state index contributed by atoms with van der Waals surface area (Å²) in [5.41, 5.74) is 2.75. The molecule has 1 aromatic heterocycles. The lowest BCUT2D eigenvalue weighted by molar-refractivity contribution is 0.0954. The van der Waals surface area contributed by atoms with E-state index in [2.05, 4.69) is 37.2 Å². The fraction of sp³-hybridized carbons (Fsp3) is 0.267. The van der Waals surface area contributed by atoms with E-state index in [1.807, 2.05) is 0 Å². The molecule has 2 aliphatic heterocycles. The Labute approximate surface area is 143 Å². The molecule has 0 radical (unpaired) electrons. The van der Waals surface area contributed by atoms with Crippen molar-refractivity contribution in [2.45, 2.75) is 13.0 Å². The van der Waals surface area contributed by atoms with Gasteiger partial charge in [-0.05, 0) is 50.1 Å². The van der Waals surface area contributed by atoms with Gasteiger partial charge in [-0.2, -0.15) is 0 Å². The Hall–Kier alpha value is -1.31. The van der Waals surface area contributed by atoms with Crippen LogP contribution in [0, 0.1) is 0 Å². The fourth-order valence-electron chi connectivity index (χ4n) is 2.84. The smallest absolute Gasteiger partial charge is 0.263 e. The third-order valence-electron chi connectivity index (χ3n) is 3.92. The molecule has 0 saturated heterocycles. The van der Waals surface area contributed by atoms with Gasteiger partial charge in [-0.25, -0.2) is 0 Å². The third kappa shape index (κ3) is 2.11. The van der Waals surface area contributed by atoms with Crippen LogP contribution in [0.2, 0.25) is 0 Å². The molecule has 5 nitrogen and oxygen atoms in total. The minimum Gasteiger partial charge on any atom is -0.454 e. The highest BCUT2D eigenvalue weighted by Gasteiger charge is 2.27. The van der Waals surface area contributed by atoms with Crippen molar-refractivity contribution in [2.24, 2.45) is 0 Å². The third-order valence-corrected chi connectivity index (χ3v) is 6.06. The average molecular weight is 428 g/mol. The topological polar surface area (TPSA) is 52.5 Å². The molecule has 0 fully saturated rings. The number of carbonyl (C=O) groups is 1. The zero-order valence-corrected chi connectivity index (χ0v) is 14.7. The van der Waals surface area contributed by atoms with E-state index in [4.69, 9.17) is 9.47 Å². The van der Waals surface area contributed by atoms with Crippen molar-refractivity contribution in [3.8, 4) is 11.5 Å². The van der Waals surface area contributed by atoms with Gasteiger partial charge in [0.05, 0.1) is 4.47 Å². The molecule has 114 valence electrons. The number of hydrogen-bond acceptors (Lipinski definition) is 4. The van der Waals surface area contributed by atoms with E-state index in [1.54, 1.807) is 22.8 Å². The highest BCUT2D eigenvalue weighted by atomic mass is 79.9. The Morgan fingerprint density at radius 1 is 1.23 bits per heavy atom. The normalized spacial score (nSPS) is 15.7. The van der Waals surface area contributed by atoms with Crippen molar-refractivity contribution in [1.29, 1.82) is 0 Å². The van der Waals surface area contributed by atoms with Crippen molar-refractivity contribution < 1.29 is 14.3 Å². The molecule has 2 aromatic rings. The van der Waals surface area contributed by atoms with Crippen LogP contribution in [0.15, 0.2) is 27.3 Å². The average Bonchev–Trinajstić information content (AvgIpc) is 3.10. The number of fused-ring (bicyclic) bond motifs is 2. The fourth-order valence-corrected chi connectivity index (χ4v) is 4.00. The minimum absolute atomic E-state index is 0.0750. The summed E-state index contributed by atoms with van der Waals surface area (Å²) in [4.78, 5) is 12.9. The predicted molar refractivity (Wildman–Crippen MR) is 87.5 cm³/mol. The first kappa shape index (κ1) is 14.3. The largest absolute Gasteiger partial charge is 0.454 e. The van der Waals surface area contributed by atoms with Crippen molar-refractivity contribution in [3.63, 3.8) is 0 Å². The molecule has 7 heteroatoms. The summed E-state index contributed by atoms with van der Waals surface area (Å²) < 4.78 is 14.1. The standard InChI is InChI=1S/C15H12Br2N2O3/c16-13-9-6-18-4-3-10(9)19(14(13)17)15(20)8-1-2-11-12(5-8)22-7-21-11/h1-2,5,18H,3-4,6-7H2. The van der Waals surface area contributed by atoms with Gasteiger partial charge in [0.25, 0.3) is 5.91 Å². The Morgan fingerprint density at radius 3 is 2.91 bits per heavy atom. The summed E-state index contributed by atoms with van der Waals surface area (Å²) >= 11 is 7.11. The van der Waals surface area contributed by atoms with Gasteiger partial charge in [0.15, 0.2) is 11.5 Å². The number of carbonyl (C=O) groups excluding carboxylic acids is 1. The predicted octanol–water partition coefficient (Wildman–Crippen LogP) is 3.08. The molecule has 3 heterocycles. The molecular weight excluding hydrogens is 416 g/mol. The van der Waals surface area contributed by atoms with Gasteiger partial charge in [0.2, 0.25) is 6.79 Å². The highest BCUT2D eigenvalue weighted by Crippen LogP contribution is 2.37. The van der Waals surface area contributed by atoms with E-state index in [0.29, 0.717) is 17.1 Å². The van der Waals surface area contributed by atoms with E-state index in [1.165, 1.54) is 0 Å². The van der Waals surface area contributed by atoms with Crippen LogP contribution in [0.5, 0.6) is 11.5 Å². The second-order valence-electron chi connectivity index (χ2n) is 5.17. The number of nitrogens with one attached hydrogen (secondary N) is 1. The lowest BCUT2D eigenvalue weighted by Crippen LogP contribution is -2.26. The Morgan fingerprint density at radius 2 is 2.05 bits per heavy atom. The molecule has 22 heavy (non-hydrogen) atoms. The molecule has 0 aliphatic carbocycles. The minimum atomic E-state index is -0.0750. The lowest BCUT2D eigenvalue weighted by atomic mass is 10.1. The molecule has 0 saturated carbocycles. The number of benzene rings is 1. The van der Waals surface area contributed by atoms with E-state index < -0.39 is 0 Å². The van der Waals surface area contributed by atoms with Crippen molar-refractivity contribution >= 4 is 37.8 Å². The number of ether oxygens (including phenoxy) is 2. The molecule has 4 rings (SSSR count). The summed E-state index contributed by atoms with van der Waals surface area (Å²) in [6, 6.07) is 5.28. The van der Waals surface area contributed by atoms with Crippen molar-refractivity contribution in [3.05, 3.63) is 44.1 Å². The van der Waals surface area contributed by atoms with E-state index in [0.717, 1.165) is 39.8 Å². The second-order valence-corrected chi connectivity index (χ2v) is 6.71. The van der Waals surface area contributed by atoms with Crippen LogP contribution in [-0.4, -0.2) is 23.8 Å². The summed E-state index contributed by atoms with van der Waals surface area (Å²) in [6.07, 6.45) is 0.815. The van der Waals surface area contributed by atoms with E-state index in [-0.39, 0.29) is 12.7 Å². The quantitative estimate of drug-likeness (QED) is 0.759. The van der Waals surface area contributed by atoms with E-state index in [9.17, 15) is 4.79 Å². The molecule has 1 N–H and O–H groups in total. The first-order valence-electron chi connectivity index (χ1n) is 6.89. The van der Waals surface area contributed by atoms with Crippen LogP contribution in [0.25, 0.3) is 0 Å². The van der Waals surface area contributed by atoms with Crippen molar-refractivity contribution in [1.82, 2.24) is 9.88 Å². The molecule has 0 unspecified atom stereocenters. The van der Waals surface area contributed by atoms with Crippen molar-refractivity contribution in [2.75, 3.05) is 13.3 Å². The van der Waals surface area contributed by atoms with Gasteiger partial charge in [0, 0.05) is 36.3 Å². The summed E-state index contributed by atoms with van der Waals surface area (Å²) in [5.74, 6) is 1.22. The number of aromatic nitrogens is 1. The maximum Gasteiger partial charge on any atom is 0.263 e. The Bertz CT molecular complexity index is 786. The van der Waals surface area contributed by atoms with Crippen LogP contribution in [0.3, 0.4) is 0 Å². The number of halogens is 2. The summed E-state index contributed by atoms with van der Waals surface area (Å²) in [7, 11) is 0. The van der Waals surface area contributed by atoms with Gasteiger partial charge < -0.3 is 14.8 Å². The maximum absolute atomic E-state index is 12.9. The SMILES string of the molecule is O=C(c1ccc2c(c1)OCO2)n1c(Br)c(Br)c2c1CCNC2. The molecule has 0 bridgehead atoms. The highest BCUT2D eigenvalue weighted by molar-refractivity contribution is 9.13. The van der Waals surface area contributed by atoms with Crippen LogP contribution in [0.4, 0.5) is 0 Å². The first-order valence-corrected chi connectivity index (χ1v) is 8.48. The molecule has 1 aromatic carbocycles. The van der Waals surface area contributed by atoms with E-state index >= 15 is 0 Å². The first-order chi connectivity index (χ1) is 10.7. The molecule has 0 amide bonds. The molecule has 0 atom stereocenters. The Balaban J connectivity index is 1.80. The lowest BCUT2D eigenvalue weighted by Gasteiger charge is -2.16. The number of nitrogens with zero attached hydrogens (tertiary/aromatic N) is 1. The zero-order chi connectivity index (χ0) is 15.3. The second kappa shape index (κ2) is 5.40. The molecule has 0 spiro atoms. The maximum atomic E-state index is 12.9. The van der Waals surface area contributed by atoms with Gasteiger partial charge >= 0.3 is 0 Å². The Kier molecular flexibility index (Phi) is 3.51. The number of hydrogen-bond donors (Lipinski definition) is 1.